The van der Waals surface area contributed by atoms with E-state index in [9.17, 15) is 19.5 Å². The number of aliphatic hydroxyl groups is 1. The first kappa shape index (κ1) is 23.4. The fraction of sp³-hybridized carbons (Fsp3) is 0.333. The summed E-state index contributed by atoms with van der Waals surface area (Å²) in [5, 5.41) is 10.9. The second-order valence-electron chi connectivity index (χ2n) is 9.40. The van der Waals surface area contributed by atoms with E-state index in [0.717, 1.165) is 0 Å². The average Bonchev–Trinajstić information content (AvgIpc) is 3.03. The summed E-state index contributed by atoms with van der Waals surface area (Å²) in [7, 11) is 1.56. The third kappa shape index (κ3) is 4.51. The van der Waals surface area contributed by atoms with Gasteiger partial charge in [-0.1, -0.05) is 38.1 Å². The van der Waals surface area contributed by atoms with Gasteiger partial charge in [0, 0.05) is 19.4 Å². The van der Waals surface area contributed by atoms with Crippen LogP contribution in [-0.4, -0.2) is 47.0 Å². The van der Waals surface area contributed by atoms with Crippen molar-refractivity contribution < 1.29 is 24.2 Å². The summed E-state index contributed by atoms with van der Waals surface area (Å²) in [5.74, 6) is -0.313. The van der Waals surface area contributed by atoms with Crippen LogP contribution in [0.4, 0.5) is 5.69 Å². The number of imide groups is 1. The predicted molar refractivity (Wildman–Crippen MR) is 129 cm³/mol. The van der Waals surface area contributed by atoms with Crippen molar-refractivity contribution in [2.24, 2.45) is 10.4 Å². The molecule has 34 heavy (non-hydrogen) atoms. The second-order valence-corrected chi connectivity index (χ2v) is 9.40. The SMILES string of the molecule is COc1ccccc1N=C1CC(C)(C)CC(=O)C1=C(O)CCCN1C(=O)c2ccccc2C1=O. The minimum absolute atomic E-state index is 0.0641. The van der Waals surface area contributed by atoms with E-state index in [0.29, 0.717) is 47.5 Å². The van der Waals surface area contributed by atoms with E-state index in [1.54, 1.807) is 43.5 Å². The Morgan fingerprint density at radius 1 is 1.00 bits per heavy atom. The lowest BCUT2D eigenvalue weighted by molar-refractivity contribution is -0.117. The van der Waals surface area contributed by atoms with Gasteiger partial charge < -0.3 is 9.84 Å². The van der Waals surface area contributed by atoms with Crippen LogP contribution in [0.5, 0.6) is 5.75 Å². The van der Waals surface area contributed by atoms with E-state index < -0.39 is 0 Å². The van der Waals surface area contributed by atoms with Crippen LogP contribution in [0, 0.1) is 5.41 Å². The number of para-hydroxylation sites is 2. The van der Waals surface area contributed by atoms with Crippen LogP contribution in [0.3, 0.4) is 0 Å². The molecule has 0 radical (unpaired) electrons. The third-order valence-corrected chi connectivity index (χ3v) is 6.16. The molecule has 1 N–H and O–H groups in total. The van der Waals surface area contributed by atoms with Crippen LogP contribution in [0.2, 0.25) is 0 Å². The number of fused-ring (bicyclic) bond motifs is 1. The maximum Gasteiger partial charge on any atom is 0.261 e. The van der Waals surface area contributed by atoms with Crippen LogP contribution in [0.1, 0.15) is 60.2 Å². The van der Waals surface area contributed by atoms with Crippen molar-refractivity contribution >= 4 is 29.0 Å². The molecule has 0 bridgehead atoms. The van der Waals surface area contributed by atoms with E-state index in [-0.39, 0.29) is 47.3 Å². The number of rotatable bonds is 6. The zero-order valence-electron chi connectivity index (χ0n) is 19.6. The lowest BCUT2D eigenvalue weighted by Crippen LogP contribution is -2.33. The smallest absolute Gasteiger partial charge is 0.261 e. The maximum atomic E-state index is 13.0. The highest BCUT2D eigenvalue weighted by molar-refractivity contribution is 6.25. The number of carbonyl (C=O) groups is 3. The molecule has 0 atom stereocenters. The monoisotopic (exact) mass is 460 g/mol. The third-order valence-electron chi connectivity index (χ3n) is 6.16. The number of aliphatic hydroxyl groups excluding tert-OH is 1. The Labute approximate surface area is 198 Å². The van der Waals surface area contributed by atoms with Crippen molar-refractivity contribution in [2.75, 3.05) is 13.7 Å². The lowest BCUT2D eigenvalue weighted by atomic mass is 9.73. The molecule has 0 aromatic heterocycles. The number of nitrogens with zero attached hydrogens (tertiary/aromatic N) is 2. The van der Waals surface area contributed by atoms with Crippen LogP contribution in [-0.2, 0) is 4.79 Å². The molecule has 1 fully saturated rings. The van der Waals surface area contributed by atoms with E-state index in [2.05, 4.69) is 0 Å². The van der Waals surface area contributed by atoms with Crippen LogP contribution >= 0.6 is 0 Å². The number of amides is 2. The van der Waals surface area contributed by atoms with Crippen molar-refractivity contribution in [1.29, 1.82) is 0 Å². The van der Waals surface area contributed by atoms with Gasteiger partial charge in [-0.15, -0.1) is 0 Å². The molecule has 1 aliphatic heterocycles. The molecule has 0 spiro atoms. The van der Waals surface area contributed by atoms with Crippen LogP contribution in [0.25, 0.3) is 0 Å². The summed E-state index contributed by atoms with van der Waals surface area (Å²) in [6, 6.07) is 14.0. The Morgan fingerprint density at radius 2 is 1.62 bits per heavy atom. The first-order valence-corrected chi connectivity index (χ1v) is 11.3. The quantitative estimate of drug-likeness (QED) is 0.370. The van der Waals surface area contributed by atoms with E-state index >= 15 is 0 Å². The Bertz CT molecular complexity index is 1190. The average molecular weight is 461 g/mol. The van der Waals surface area contributed by atoms with Crippen molar-refractivity contribution in [3.8, 4) is 5.75 Å². The number of ketones is 1. The number of aliphatic imine (C=N–C) groups is 1. The molecule has 7 nitrogen and oxygen atoms in total. The molecular weight excluding hydrogens is 432 g/mol. The van der Waals surface area contributed by atoms with Gasteiger partial charge in [0.25, 0.3) is 11.8 Å². The molecule has 176 valence electrons. The summed E-state index contributed by atoms with van der Waals surface area (Å²) in [5.41, 5.74) is 1.83. The van der Waals surface area contributed by atoms with Gasteiger partial charge in [-0.2, -0.15) is 0 Å². The van der Waals surface area contributed by atoms with Crippen LogP contribution < -0.4 is 4.74 Å². The number of benzene rings is 2. The molecule has 0 unspecified atom stereocenters. The molecule has 2 aromatic carbocycles. The highest BCUT2D eigenvalue weighted by Crippen LogP contribution is 2.38. The molecule has 0 saturated heterocycles. The molecule has 1 aliphatic carbocycles. The van der Waals surface area contributed by atoms with Crippen molar-refractivity contribution in [3.05, 3.63) is 71.0 Å². The minimum atomic E-state index is -0.332. The number of carbonyl (C=O) groups excluding carboxylic acids is 3. The minimum Gasteiger partial charge on any atom is -0.511 e. The zero-order chi connectivity index (χ0) is 24.5. The largest absolute Gasteiger partial charge is 0.511 e. The number of methoxy groups -OCH3 is 1. The molecule has 2 aliphatic rings. The standard InChI is InChI=1S/C27H28N2O5/c1-27(2)15-20(28-19-11-6-7-13-23(19)34-3)24(22(31)16-27)21(30)12-8-14-29-25(32)17-9-4-5-10-18(17)26(29)33/h4-7,9-11,13,30H,8,12,14-16H2,1-3H3. The second kappa shape index (κ2) is 9.25. The highest BCUT2D eigenvalue weighted by atomic mass is 16.5. The Hall–Kier alpha value is -3.74. The number of Topliss-reactive ketones (excluding diaryl/α,β-unsaturated/α-hetero) is 1. The fourth-order valence-electron chi connectivity index (χ4n) is 4.55. The lowest BCUT2D eigenvalue weighted by Gasteiger charge is -2.31. The first-order valence-electron chi connectivity index (χ1n) is 11.3. The zero-order valence-corrected chi connectivity index (χ0v) is 19.6. The van der Waals surface area contributed by atoms with Crippen molar-refractivity contribution in [3.63, 3.8) is 0 Å². The van der Waals surface area contributed by atoms with Gasteiger partial charge in [-0.05, 0) is 42.5 Å². The Balaban J connectivity index is 1.56. The van der Waals surface area contributed by atoms with E-state index in [1.807, 2.05) is 26.0 Å². The van der Waals surface area contributed by atoms with Crippen LogP contribution in [0.15, 0.2) is 64.9 Å². The first-order chi connectivity index (χ1) is 16.2. The molecule has 7 heteroatoms. The summed E-state index contributed by atoms with van der Waals surface area (Å²) in [6.45, 7) is 4.15. The van der Waals surface area contributed by atoms with Gasteiger partial charge in [0.1, 0.15) is 17.2 Å². The van der Waals surface area contributed by atoms with Crippen molar-refractivity contribution in [1.82, 2.24) is 4.90 Å². The summed E-state index contributed by atoms with van der Waals surface area (Å²) < 4.78 is 5.39. The van der Waals surface area contributed by atoms with E-state index in [1.165, 1.54) is 4.90 Å². The summed E-state index contributed by atoms with van der Waals surface area (Å²) >= 11 is 0. The van der Waals surface area contributed by atoms with Gasteiger partial charge in [0.05, 0.1) is 29.5 Å². The van der Waals surface area contributed by atoms with Gasteiger partial charge in [-0.3, -0.25) is 19.3 Å². The number of hydrogen-bond acceptors (Lipinski definition) is 6. The van der Waals surface area contributed by atoms with Crippen molar-refractivity contribution in [2.45, 2.75) is 39.5 Å². The molecule has 4 rings (SSSR count). The number of ether oxygens (including phenoxy) is 1. The number of allylic oxidation sites excluding steroid dienone is 2. The highest BCUT2D eigenvalue weighted by Gasteiger charge is 2.37. The van der Waals surface area contributed by atoms with Gasteiger partial charge in [0.15, 0.2) is 5.78 Å². The van der Waals surface area contributed by atoms with Gasteiger partial charge in [0.2, 0.25) is 0 Å². The maximum absolute atomic E-state index is 13.0. The van der Waals surface area contributed by atoms with Gasteiger partial charge in [-0.25, -0.2) is 4.99 Å². The predicted octanol–water partition coefficient (Wildman–Crippen LogP) is 5.05. The molecule has 2 amide bonds. The topological polar surface area (TPSA) is 96.3 Å². The van der Waals surface area contributed by atoms with Gasteiger partial charge >= 0.3 is 0 Å². The Kier molecular flexibility index (Phi) is 6.37. The molecule has 1 heterocycles. The van der Waals surface area contributed by atoms with E-state index in [4.69, 9.17) is 9.73 Å². The Morgan fingerprint density at radius 3 is 2.26 bits per heavy atom. The molecular formula is C27H28N2O5. The number of hydrogen-bond donors (Lipinski definition) is 1. The molecule has 1 saturated carbocycles. The fourth-order valence-corrected chi connectivity index (χ4v) is 4.55. The summed E-state index contributed by atoms with van der Waals surface area (Å²) in [6.07, 6.45) is 1.31. The molecule has 2 aromatic rings. The summed E-state index contributed by atoms with van der Waals surface area (Å²) in [4.78, 5) is 44.1. The normalized spacial score (nSPS) is 20.0.